The van der Waals surface area contributed by atoms with Crippen molar-refractivity contribution in [3.8, 4) is 5.75 Å². The summed E-state index contributed by atoms with van der Waals surface area (Å²) in [5, 5.41) is 0. The molecule has 0 radical (unpaired) electrons. The molecule has 1 unspecified atom stereocenters. The first-order valence-electron chi connectivity index (χ1n) is 5.54. The molecule has 0 bridgehead atoms. The predicted molar refractivity (Wildman–Crippen MR) is 70.5 cm³/mol. The molecule has 0 spiro atoms. The molecule has 1 aliphatic heterocycles. The van der Waals surface area contributed by atoms with Crippen molar-refractivity contribution in [1.82, 2.24) is 0 Å². The number of thioether (sulfide) groups is 1. The van der Waals surface area contributed by atoms with Crippen molar-refractivity contribution < 1.29 is 4.74 Å². The number of anilines is 1. The standard InChI is InChI=1S/C12H18N2OS/c1-15-12-5-3-2-4-11(12)14-6-7-16-9-10(14)8-13/h2-5,10H,6-9,13H2,1H3. The van der Waals surface area contributed by atoms with Crippen molar-refractivity contribution >= 4 is 17.4 Å². The second kappa shape index (κ2) is 5.46. The maximum absolute atomic E-state index is 5.83. The summed E-state index contributed by atoms with van der Waals surface area (Å²) in [4.78, 5) is 2.37. The first-order valence-corrected chi connectivity index (χ1v) is 6.69. The summed E-state index contributed by atoms with van der Waals surface area (Å²) in [5.41, 5.74) is 6.99. The van der Waals surface area contributed by atoms with E-state index in [1.807, 2.05) is 30.0 Å². The smallest absolute Gasteiger partial charge is 0.142 e. The molecule has 4 heteroatoms. The van der Waals surface area contributed by atoms with Gasteiger partial charge in [-0.1, -0.05) is 12.1 Å². The molecule has 1 aromatic rings. The quantitative estimate of drug-likeness (QED) is 0.867. The van der Waals surface area contributed by atoms with Crippen LogP contribution in [0.15, 0.2) is 24.3 Å². The lowest BCUT2D eigenvalue weighted by Crippen LogP contribution is -2.46. The fourth-order valence-corrected chi connectivity index (χ4v) is 3.11. The van der Waals surface area contributed by atoms with E-state index in [2.05, 4.69) is 11.0 Å². The van der Waals surface area contributed by atoms with E-state index >= 15 is 0 Å². The fourth-order valence-electron chi connectivity index (χ4n) is 2.03. The summed E-state index contributed by atoms with van der Waals surface area (Å²) in [5.74, 6) is 3.20. The van der Waals surface area contributed by atoms with Gasteiger partial charge in [-0.05, 0) is 12.1 Å². The van der Waals surface area contributed by atoms with Gasteiger partial charge in [-0.2, -0.15) is 11.8 Å². The van der Waals surface area contributed by atoms with Crippen molar-refractivity contribution in [3.63, 3.8) is 0 Å². The van der Waals surface area contributed by atoms with Crippen molar-refractivity contribution in [2.75, 3.05) is 36.6 Å². The van der Waals surface area contributed by atoms with E-state index in [-0.39, 0.29) is 0 Å². The molecule has 1 fully saturated rings. The van der Waals surface area contributed by atoms with Gasteiger partial charge in [0, 0.05) is 24.6 Å². The third kappa shape index (κ3) is 2.28. The van der Waals surface area contributed by atoms with E-state index in [9.17, 15) is 0 Å². The van der Waals surface area contributed by atoms with Crippen LogP contribution in [-0.4, -0.2) is 37.7 Å². The van der Waals surface area contributed by atoms with Crippen LogP contribution in [0.4, 0.5) is 5.69 Å². The maximum Gasteiger partial charge on any atom is 0.142 e. The zero-order chi connectivity index (χ0) is 11.4. The summed E-state index contributed by atoms with van der Waals surface area (Å²) in [7, 11) is 1.72. The minimum Gasteiger partial charge on any atom is -0.495 e. The number of hydrogen-bond donors (Lipinski definition) is 1. The summed E-state index contributed by atoms with van der Waals surface area (Å²) in [6, 6.07) is 8.59. The molecule has 0 saturated carbocycles. The topological polar surface area (TPSA) is 38.5 Å². The third-order valence-corrected chi connectivity index (χ3v) is 3.99. The van der Waals surface area contributed by atoms with Gasteiger partial charge in [0.1, 0.15) is 5.75 Å². The van der Waals surface area contributed by atoms with Crippen LogP contribution in [0.1, 0.15) is 0 Å². The summed E-state index contributed by atoms with van der Waals surface area (Å²) < 4.78 is 5.40. The highest BCUT2D eigenvalue weighted by atomic mass is 32.2. The molecule has 2 N–H and O–H groups in total. The van der Waals surface area contributed by atoms with Gasteiger partial charge in [-0.3, -0.25) is 0 Å². The molecule has 2 rings (SSSR count). The minimum absolute atomic E-state index is 0.426. The highest BCUT2D eigenvalue weighted by molar-refractivity contribution is 7.99. The van der Waals surface area contributed by atoms with Gasteiger partial charge in [0.2, 0.25) is 0 Å². The molecular weight excluding hydrogens is 220 g/mol. The zero-order valence-electron chi connectivity index (χ0n) is 9.56. The maximum atomic E-state index is 5.83. The molecular formula is C12H18N2OS. The van der Waals surface area contributed by atoms with Gasteiger partial charge in [-0.25, -0.2) is 0 Å². The Morgan fingerprint density at radius 3 is 3.06 bits per heavy atom. The summed E-state index contributed by atoms with van der Waals surface area (Å²) in [6.07, 6.45) is 0. The number of methoxy groups -OCH3 is 1. The number of para-hydroxylation sites is 2. The second-order valence-electron chi connectivity index (χ2n) is 3.83. The molecule has 88 valence electrons. The van der Waals surface area contributed by atoms with E-state index < -0.39 is 0 Å². The van der Waals surface area contributed by atoms with E-state index in [0.29, 0.717) is 12.6 Å². The third-order valence-electron chi connectivity index (χ3n) is 2.89. The number of ether oxygens (including phenoxy) is 1. The van der Waals surface area contributed by atoms with E-state index in [4.69, 9.17) is 10.5 Å². The van der Waals surface area contributed by atoms with Gasteiger partial charge >= 0.3 is 0 Å². The summed E-state index contributed by atoms with van der Waals surface area (Å²) >= 11 is 1.98. The van der Waals surface area contributed by atoms with Crippen molar-refractivity contribution in [3.05, 3.63) is 24.3 Å². The SMILES string of the molecule is COc1ccccc1N1CCSCC1CN. The van der Waals surface area contributed by atoms with Crippen LogP contribution >= 0.6 is 11.8 Å². The molecule has 0 aliphatic carbocycles. The van der Waals surface area contributed by atoms with Gasteiger partial charge < -0.3 is 15.4 Å². The minimum atomic E-state index is 0.426. The molecule has 1 aromatic carbocycles. The molecule has 0 aromatic heterocycles. The number of rotatable bonds is 3. The first-order chi connectivity index (χ1) is 7.86. The largest absolute Gasteiger partial charge is 0.495 e. The van der Waals surface area contributed by atoms with Gasteiger partial charge in [0.05, 0.1) is 18.8 Å². The highest BCUT2D eigenvalue weighted by Crippen LogP contribution is 2.31. The normalized spacial score (nSPS) is 20.9. The van der Waals surface area contributed by atoms with Gasteiger partial charge in [-0.15, -0.1) is 0 Å². The Bertz CT molecular complexity index is 346. The molecule has 1 atom stereocenters. The van der Waals surface area contributed by atoms with Crippen LogP contribution in [-0.2, 0) is 0 Å². The van der Waals surface area contributed by atoms with Gasteiger partial charge in [0.15, 0.2) is 0 Å². The van der Waals surface area contributed by atoms with E-state index in [0.717, 1.165) is 23.8 Å². The average Bonchev–Trinajstić information content (AvgIpc) is 2.38. The molecule has 3 nitrogen and oxygen atoms in total. The number of benzene rings is 1. The Morgan fingerprint density at radius 2 is 2.31 bits per heavy atom. The van der Waals surface area contributed by atoms with E-state index in [1.165, 1.54) is 5.69 Å². The van der Waals surface area contributed by atoms with Crippen LogP contribution in [0, 0.1) is 0 Å². The van der Waals surface area contributed by atoms with Crippen LogP contribution in [0.3, 0.4) is 0 Å². The zero-order valence-corrected chi connectivity index (χ0v) is 10.4. The second-order valence-corrected chi connectivity index (χ2v) is 4.98. The van der Waals surface area contributed by atoms with Crippen LogP contribution < -0.4 is 15.4 Å². The van der Waals surface area contributed by atoms with E-state index in [1.54, 1.807) is 7.11 Å². The van der Waals surface area contributed by atoms with Crippen LogP contribution in [0.5, 0.6) is 5.75 Å². The lowest BCUT2D eigenvalue weighted by Gasteiger charge is -2.37. The molecule has 16 heavy (non-hydrogen) atoms. The fraction of sp³-hybridized carbons (Fsp3) is 0.500. The lowest BCUT2D eigenvalue weighted by molar-refractivity contribution is 0.413. The molecule has 1 saturated heterocycles. The average molecular weight is 238 g/mol. The molecule has 1 heterocycles. The van der Waals surface area contributed by atoms with Crippen LogP contribution in [0.25, 0.3) is 0 Å². The Kier molecular flexibility index (Phi) is 3.96. The Morgan fingerprint density at radius 1 is 1.50 bits per heavy atom. The monoisotopic (exact) mass is 238 g/mol. The Balaban J connectivity index is 2.26. The Labute approximate surface area is 101 Å². The van der Waals surface area contributed by atoms with Gasteiger partial charge in [0.25, 0.3) is 0 Å². The summed E-state index contributed by atoms with van der Waals surface area (Å²) in [6.45, 7) is 1.75. The highest BCUT2D eigenvalue weighted by Gasteiger charge is 2.23. The molecule has 1 aliphatic rings. The molecule has 0 amide bonds. The number of hydrogen-bond acceptors (Lipinski definition) is 4. The number of nitrogens with zero attached hydrogens (tertiary/aromatic N) is 1. The lowest BCUT2D eigenvalue weighted by atomic mass is 10.2. The Hall–Kier alpha value is -0.870. The first kappa shape index (κ1) is 11.6. The van der Waals surface area contributed by atoms with Crippen molar-refractivity contribution in [1.29, 1.82) is 0 Å². The van der Waals surface area contributed by atoms with Crippen molar-refractivity contribution in [2.24, 2.45) is 5.73 Å². The van der Waals surface area contributed by atoms with Crippen molar-refractivity contribution in [2.45, 2.75) is 6.04 Å². The predicted octanol–water partition coefficient (Wildman–Crippen LogP) is 1.58. The van der Waals surface area contributed by atoms with Crippen LogP contribution in [0.2, 0.25) is 0 Å². The number of nitrogens with two attached hydrogens (primary N) is 1.